The van der Waals surface area contributed by atoms with Gasteiger partial charge in [-0.1, -0.05) is 0 Å². The van der Waals surface area contributed by atoms with Crippen molar-refractivity contribution in [1.29, 1.82) is 0 Å². The Labute approximate surface area is 124 Å². The van der Waals surface area contributed by atoms with E-state index in [9.17, 15) is 9.59 Å². The molecule has 0 unspecified atom stereocenters. The Balaban J connectivity index is 1.90. The molecule has 1 fully saturated rings. The fourth-order valence-electron chi connectivity index (χ4n) is 2.66. The van der Waals surface area contributed by atoms with Crippen LogP contribution in [0.25, 0.3) is 0 Å². The summed E-state index contributed by atoms with van der Waals surface area (Å²) in [5, 5.41) is 8.77. The zero-order valence-electron chi connectivity index (χ0n) is 12.2. The minimum absolute atomic E-state index is 0.00649. The number of piperidine rings is 1. The van der Waals surface area contributed by atoms with Crippen LogP contribution in [0.5, 0.6) is 5.75 Å². The second-order valence-corrected chi connectivity index (χ2v) is 5.27. The Morgan fingerprint density at radius 2 is 1.86 bits per heavy atom. The lowest BCUT2D eigenvalue weighted by atomic mass is 9.89. The number of rotatable bonds is 6. The van der Waals surface area contributed by atoms with Crippen molar-refractivity contribution in [3.63, 3.8) is 0 Å². The minimum atomic E-state index is -0.814. The Morgan fingerprint density at radius 1 is 1.24 bits per heavy atom. The first-order valence-corrected chi connectivity index (χ1v) is 7.31. The van der Waals surface area contributed by atoms with Crippen LogP contribution in [-0.4, -0.2) is 48.0 Å². The van der Waals surface area contributed by atoms with Gasteiger partial charge >= 0.3 is 5.97 Å². The Hall–Kier alpha value is -1.88. The first-order valence-electron chi connectivity index (χ1n) is 7.31. The van der Waals surface area contributed by atoms with Crippen LogP contribution in [0.15, 0.2) is 24.3 Å². The number of carbonyl (C=O) groups excluding carboxylic acids is 1. The van der Waals surface area contributed by atoms with Gasteiger partial charge in [-0.3, -0.25) is 14.5 Å². The number of carboxylic acids is 1. The Morgan fingerprint density at radius 3 is 2.38 bits per heavy atom. The molecule has 0 atom stereocenters. The van der Waals surface area contributed by atoms with Gasteiger partial charge in [-0.2, -0.15) is 0 Å². The van der Waals surface area contributed by atoms with Crippen molar-refractivity contribution in [2.45, 2.75) is 19.8 Å². The van der Waals surface area contributed by atoms with E-state index >= 15 is 0 Å². The lowest BCUT2D eigenvalue weighted by Crippen LogP contribution is -2.39. The van der Waals surface area contributed by atoms with Crippen LogP contribution in [0.1, 0.15) is 30.1 Å². The van der Waals surface area contributed by atoms with Gasteiger partial charge in [0.25, 0.3) is 0 Å². The van der Waals surface area contributed by atoms with Gasteiger partial charge in [-0.25, -0.2) is 0 Å². The molecule has 5 heteroatoms. The number of hydrogen-bond donors (Lipinski definition) is 1. The molecule has 0 spiro atoms. The van der Waals surface area contributed by atoms with Crippen LogP contribution in [-0.2, 0) is 4.79 Å². The van der Waals surface area contributed by atoms with Crippen molar-refractivity contribution in [2.75, 3.05) is 26.2 Å². The van der Waals surface area contributed by atoms with E-state index in [1.54, 1.807) is 12.1 Å². The predicted octanol–water partition coefficient (Wildman–Crippen LogP) is 2.06. The van der Waals surface area contributed by atoms with Gasteiger partial charge in [0.1, 0.15) is 5.75 Å². The molecule has 1 heterocycles. The number of likely N-dealkylation sites (tertiary alicyclic amines) is 1. The maximum Gasteiger partial charge on any atom is 0.317 e. The molecule has 0 amide bonds. The molecular weight excluding hydrogens is 270 g/mol. The summed E-state index contributed by atoms with van der Waals surface area (Å²) in [6, 6.07) is 7.24. The summed E-state index contributed by atoms with van der Waals surface area (Å²) in [7, 11) is 0. The van der Waals surface area contributed by atoms with Gasteiger partial charge < -0.3 is 9.84 Å². The molecule has 114 valence electrons. The third kappa shape index (κ3) is 4.29. The predicted molar refractivity (Wildman–Crippen MR) is 78.7 cm³/mol. The number of Topliss-reactive ketones (excluding diaryl/α,β-unsaturated/α-hetero) is 1. The highest BCUT2D eigenvalue weighted by molar-refractivity contribution is 5.98. The molecule has 0 bridgehead atoms. The van der Waals surface area contributed by atoms with Crippen molar-refractivity contribution in [3.8, 4) is 5.75 Å². The fourth-order valence-corrected chi connectivity index (χ4v) is 2.66. The smallest absolute Gasteiger partial charge is 0.317 e. The first kappa shape index (κ1) is 15.5. The summed E-state index contributed by atoms with van der Waals surface area (Å²) in [6.07, 6.45) is 1.44. The highest BCUT2D eigenvalue weighted by atomic mass is 16.5. The topological polar surface area (TPSA) is 66.8 Å². The van der Waals surface area contributed by atoms with Crippen LogP contribution in [0.4, 0.5) is 0 Å². The third-order valence-corrected chi connectivity index (χ3v) is 3.77. The van der Waals surface area contributed by atoms with E-state index in [1.165, 1.54) is 0 Å². The van der Waals surface area contributed by atoms with E-state index in [2.05, 4.69) is 0 Å². The molecule has 1 saturated heterocycles. The number of carbonyl (C=O) groups is 2. The van der Waals surface area contributed by atoms with Crippen LogP contribution < -0.4 is 4.74 Å². The number of ether oxygens (including phenoxy) is 1. The normalized spacial score (nSPS) is 16.6. The monoisotopic (exact) mass is 291 g/mol. The second-order valence-electron chi connectivity index (χ2n) is 5.27. The number of ketones is 1. The summed E-state index contributed by atoms with van der Waals surface area (Å²) in [5.74, 6) is 0.0950. The molecule has 0 aromatic heterocycles. The third-order valence-electron chi connectivity index (χ3n) is 3.77. The maximum absolute atomic E-state index is 12.4. The average Bonchev–Trinajstić information content (AvgIpc) is 2.48. The van der Waals surface area contributed by atoms with E-state index in [0.29, 0.717) is 25.3 Å². The summed E-state index contributed by atoms with van der Waals surface area (Å²) in [5.41, 5.74) is 0.704. The van der Waals surface area contributed by atoms with Crippen molar-refractivity contribution in [2.24, 2.45) is 5.92 Å². The SMILES string of the molecule is CCOc1ccc(C(=O)C2CCN(CC(=O)O)CC2)cc1. The van der Waals surface area contributed by atoms with Crippen molar-refractivity contribution in [1.82, 2.24) is 4.90 Å². The van der Waals surface area contributed by atoms with Gasteiger partial charge in [0.15, 0.2) is 5.78 Å². The molecular formula is C16H21NO4. The Kier molecular flexibility index (Phi) is 5.33. The molecule has 1 aliphatic rings. The number of nitrogens with zero attached hydrogens (tertiary/aromatic N) is 1. The molecule has 5 nitrogen and oxygen atoms in total. The van der Waals surface area contributed by atoms with Crippen LogP contribution in [0.2, 0.25) is 0 Å². The van der Waals surface area contributed by atoms with Gasteiger partial charge in [0, 0.05) is 11.5 Å². The number of aliphatic carboxylic acids is 1. The van der Waals surface area contributed by atoms with Gasteiger partial charge in [-0.15, -0.1) is 0 Å². The van der Waals surface area contributed by atoms with Crippen LogP contribution in [0, 0.1) is 5.92 Å². The van der Waals surface area contributed by atoms with E-state index in [1.807, 2.05) is 24.0 Å². The van der Waals surface area contributed by atoms with E-state index < -0.39 is 5.97 Å². The molecule has 0 saturated carbocycles. The van der Waals surface area contributed by atoms with E-state index in [4.69, 9.17) is 9.84 Å². The molecule has 1 aliphatic heterocycles. The van der Waals surface area contributed by atoms with E-state index in [-0.39, 0.29) is 18.2 Å². The van der Waals surface area contributed by atoms with Crippen molar-refractivity contribution < 1.29 is 19.4 Å². The number of carboxylic acid groups (broad SMARTS) is 1. The summed E-state index contributed by atoms with van der Waals surface area (Å²) >= 11 is 0. The molecule has 2 rings (SSSR count). The highest BCUT2D eigenvalue weighted by Gasteiger charge is 2.26. The lowest BCUT2D eigenvalue weighted by molar-refractivity contribution is -0.138. The van der Waals surface area contributed by atoms with E-state index in [0.717, 1.165) is 18.6 Å². The molecule has 1 aromatic rings. The summed E-state index contributed by atoms with van der Waals surface area (Å²) < 4.78 is 5.36. The summed E-state index contributed by atoms with van der Waals surface area (Å²) in [4.78, 5) is 25.0. The second kappa shape index (κ2) is 7.22. The Bertz CT molecular complexity index is 490. The highest BCUT2D eigenvalue weighted by Crippen LogP contribution is 2.23. The largest absolute Gasteiger partial charge is 0.494 e. The van der Waals surface area contributed by atoms with Gasteiger partial charge in [0.2, 0.25) is 0 Å². The average molecular weight is 291 g/mol. The van der Waals surface area contributed by atoms with Crippen molar-refractivity contribution >= 4 is 11.8 Å². The van der Waals surface area contributed by atoms with Gasteiger partial charge in [0.05, 0.1) is 13.2 Å². The van der Waals surface area contributed by atoms with Gasteiger partial charge in [-0.05, 0) is 57.1 Å². The van der Waals surface area contributed by atoms with Crippen LogP contribution >= 0.6 is 0 Å². The lowest BCUT2D eigenvalue weighted by Gasteiger charge is -2.29. The number of benzene rings is 1. The molecule has 0 radical (unpaired) electrons. The maximum atomic E-state index is 12.4. The standard InChI is InChI=1S/C16H21NO4/c1-2-21-14-5-3-12(4-6-14)16(20)13-7-9-17(10-8-13)11-15(18)19/h3-6,13H,2,7-11H2,1H3,(H,18,19). The zero-order valence-corrected chi connectivity index (χ0v) is 12.2. The quantitative estimate of drug-likeness (QED) is 0.813. The molecule has 1 aromatic carbocycles. The molecule has 21 heavy (non-hydrogen) atoms. The zero-order chi connectivity index (χ0) is 15.2. The molecule has 1 N–H and O–H groups in total. The van der Waals surface area contributed by atoms with Crippen molar-refractivity contribution in [3.05, 3.63) is 29.8 Å². The summed E-state index contributed by atoms with van der Waals surface area (Å²) in [6.45, 7) is 3.92. The number of hydrogen-bond acceptors (Lipinski definition) is 4. The fraction of sp³-hybridized carbons (Fsp3) is 0.500. The van der Waals surface area contributed by atoms with Crippen LogP contribution in [0.3, 0.4) is 0 Å². The first-order chi connectivity index (χ1) is 10.1. The minimum Gasteiger partial charge on any atom is -0.494 e. The molecule has 0 aliphatic carbocycles.